The molecule has 3 aliphatic heterocycles. The number of carbonyl (C=O) groups is 2. The molecule has 2 N–H and O–H groups in total. The Morgan fingerprint density at radius 3 is 2.83 bits per heavy atom. The number of carboxylic acids is 1. The summed E-state index contributed by atoms with van der Waals surface area (Å²) in [4.78, 5) is 25.0. The van der Waals surface area contributed by atoms with Crippen LogP contribution in [-0.2, 0) is 23.8 Å². The molecule has 5 rings (SSSR count). The van der Waals surface area contributed by atoms with Crippen molar-refractivity contribution in [3.8, 4) is 11.8 Å². The number of rotatable bonds is 9. The lowest BCUT2D eigenvalue weighted by atomic mass is 10.1. The number of aromatic nitrogens is 4. The van der Waals surface area contributed by atoms with E-state index in [1.165, 1.54) is 0 Å². The first-order chi connectivity index (χ1) is 17.1. The number of tetrazole rings is 1. The number of carboxylic acid groups (broad SMARTS) is 1. The van der Waals surface area contributed by atoms with E-state index in [4.69, 9.17) is 24.1 Å². The number of anilines is 1. The maximum absolute atomic E-state index is 12.2. The molecule has 188 valence electrons. The lowest BCUT2D eigenvalue weighted by molar-refractivity contribution is -0.133. The van der Waals surface area contributed by atoms with Crippen LogP contribution in [-0.4, -0.2) is 106 Å². The number of hydrogen-bond donors (Lipinski definition) is 2. The van der Waals surface area contributed by atoms with Crippen molar-refractivity contribution in [1.82, 2.24) is 25.5 Å². The van der Waals surface area contributed by atoms with Crippen molar-refractivity contribution in [3.63, 3.8) is 0 Å². The Labute approximate surface area is 205 Å². The minimum absolute atomic E-state index is 0.0537. The highest BCUT2D eigenvalue weighted by molar-refractivity contribution is 8.00. The average Bonchev–Trinajstić information content (AvgIpc) is 3.58. The van der Waals surface area contributed by atoms with E-state index in [0.717, 1.165) is 30.5 Å². The summed E-state index contributed by atoms with van der Waals surface area (Å²) in [6.07, 6.45) is -0.729. The van der Waals surface area contributed by atoms with Crippen molar-refractivity contribution < 1.29 is 33.6 Å². The molecular formula is C21H26N6O7S. The van der Waals surface area contributed by atoms with Crippen molar-refractivity contribution in [2.45, 2.75) is 24.3 Å². The van der Waals surface area contributed by atoms with Crippen LogP contribution in [0.5, 0.6) is 11.8 Å². The fourth-order valence-electron chi connectivity index (χ4n) is 4.42. The zero-order chi connectivity index (χ0) is 24.2. The minimum Gasteiger partial charge on any atom is -0.481 e. The molecule has 35 heavy (non-hydrogen) atoms. The van der Waals surface area contributed by atoms with Gasteiger partial charge in [-0.2, -0.15) is 4.68 Å². The Morgan fingerprint density at radius 1 is 1.17 bits per heavy atom. The van der Waals surface area contributed by atoms with Crippen LogP contribution in [0.25, 0.3) is 0 Å². The van der Waals surface area contributed by atoms with Gasteiger partial charge in [-0.3, -0.25) is 9.59 Å². The summed E-state index contributed by atoms with van der Waals surface area (Å²) in [6.45, 7) is 3.59. The Kier molecular flexibility index (Phi) is 7.32. The maximum Gasteiger partial charge on any atom is 0.341 e. The van der Waals surface area contributed by atoms with Crippen LogP contribution in [0.4, 0.5) is 5.69 Å². The number of carbonyl (C=O) groups excluding carboxylic acids is 1. The smallest absolute Gasteiger partial charge is 0.341 e. The summed E-state index contributed by atoms with van der Waals surface area (Å²) in [5.74, 6) is -0.684. The number of ether oxygens (including phenoxy) is 4. The van der Waals surface area contributed by atoms with Crippen LogP contribution in [0.3, 0.4) is 0 Å². The fraction of sp³-hybridized carbons (Fsp3) is 0.571. The van der Waals surface area contributed by atoms with Gasteiger partial charge in [-0.15, -0.1) is 11.8 Å². The molecule has 0 spiro atoms. The van der Waals surface area contributed by atoms with E-state index in [2.05, 4.69) is 25.7 Å². The fourth-order valence-corrected chi connectivity index (χ4v) is 4.97. The van der Waals surface area contributed by atoms with Crippen molar-refractivity contribution >= 4 is 29.3 Å². The van der Waals surface area contributed by atoms with E-state index < -0.39 is 5.97 Å². The summed E-state index contributed by atoms with van der Waals surface area (Å²) in [5.41, 5.74) is 1.04. The number of amides is 1. The zero-order valence-corrected chi connectivity index (χ0v) is 19.6. The highest BCUT2D eigenvalue weighted by atomic mass is 32.2. The highest BCUT2D eigenvalue weighted by Gasteiger charge is 2.50. The number of nitrogens with one attached hydrogen (secondary N) is 1. The maximum atomic E-state index is 12.2. The largest absolute Gasteiger partial charge is 0.481 e. The molecule has 3 fully saturated rings. The molecule has 0 bridgehead atoms. The molecule has 4 unspecified atom stereocenters. The Balaban J connectivity index is 1.21. The number of benzene rings is 1. The lowest BCUT2D eigenvalue weighted by Gasteiger charge is -2.29. The molecule has 1 aromatic heterocycles. The number of fused-ring (bicyclic) bond motifs is 1. The molecule has 13 nitrogen and oxygen atoms in total. The molecule has 2 aromatic rings. The molecule has 1 aromatic carbocycles. The molecule has 1 amide bonds. The van der Waals surface area contributed by atoms with E-state index in [-0.39, 0.29) is 54.3 Å². The van der Waals surface area contributed by atoms with Gasteiger partial charge in [0.25, 0.3) is 0 Å². The van der Waals surface area contributed by atoms with Gasteiger partial charge in [-0.25, -0.2) is 0 Å². The second-order valence-corrected chi connectivity index (χ2v) is 9.31. The minimum atomic E-state index is -0.957. The lowest BCUT2D eigenvalue weighted by Crippen LogP contribution is -2.44. The van der Waals surface area contributed by atoms with Crippen LogP contribution in [0, 0.1) is 0 Å². The predicted octanol–water partition coefficient (Wildman–Crippen LogP) is -0.0567. The van der Waals surface area contributed by atoms with Gasteiger partial charge in [0.05, 0.1) is 44.0 Å². The van der Waals surface area contributed by atoms with Crippen molar-refractivity contribution in [2.24, 2.45) is 0 Å². The third-order valence-electron chi connectivity index (χ3n) is 6.01. The van der Waals surface area contributed by atoms with Gasteiger partial charge in [0.1, 0.15) is 24.0 Å². The van der Waals surface area contributed by atoms with Crippen molar-refractivity contribution in [1.29, 1.82) is 0 Å². The molecule has 3 saturated heterocycles. The summed E-state index contributed by atoms with van der Waals surface area (Å²) in [6, 6.07) is 7.29. The zero-order valence-electron chi connectivity index (χ0n) is 18.8. The summed E-state index contributed by atoms with van der Waals surface area (Å²) < 4.78 is 24.9. The van der Waals surface area contributed by atoms with E-state index >= 15 is 0 Å². The van der Waals surface area contributed by atoms with Gasteiger partial charge in [-0.1, -0.05) is 11.2 Å². The molecule has 0 aliphatic carbocycles. The first-order valence-electron chi connectivity index (χ1n) is 11.3. The van der Waals surface area contributed by atoms with Gasteiger partial charge in [-0.05, 0) is 22.6 Å². The van der Waals surface area contributed by atoms with E-state index in [9.17, 15) is 9.59 Å². The number of morpholine rings is 1. The number of thioether (sulfide) groups is 1. The van der Waals surface area contributed by atoms with E-state index in [1.54, 1.807) is 4.68 Å². The molecular weight excluding hydrogens is 480 g/mol. The first-order valence-corrected chi connectivity index (χ1v) is 12.4. The van der Waals surface area contributed by atoms with Crippen molar-refractivity contribution in [3.05, 3.63) is 24.3 Å². The monoisotopic (exact) mass is 506 g/mol. The quantitative estimate of drug-likeness (QED) is 0.469. The summed E-state index contributed by atoms with van der Waals surface area (Å²) in [7, 11) is 0. The molecule has 14 heteroatoms. The van der Waals surface area contributed by atoms with Gasteiger partial charge < -0.3 is 34.3 Å². The second kappa shape index (κ2) is 10.8. The topological polar surface area (TPSA) is 150 Å². The average molecular weight is 507 g/mol. The van der Waals surface area contributed by atoms with Crippen molar-refractivity contribution in [2.75, 3.05) is 55.9 Å². The molecule has 0 radical (unpaired) electrons. The molecule has 4 heterocycles. The van der Waals surface area contributed by atoms with Gasteiger partial charge in [0.2, 0.25) is 5.91 Å². The Morgan fingerprint density at radius 2 is 2.00 bits per heavy atom. The molecule has 3 aliphatic rings. The van der Waals surface area contributed by atoms with E-state index in [0.29, 0.717) is 25.6 Å². The van der Waals surface area contributed by atoms with Crippen LogP contribution >= 0.6 is 11.8 Å². The third kappa shape index (κ3) is 5.50. The number of nitrogens with zero attached hydrogens (tertiary/aromatic N) is 5. The van der Waals surface area contributed by atoms with Crippen LogP contribution in [0.15, 0.2) is 24.3 Å². The van der Waals surface area contributed by atoms with Crippen LogP contribution < -0.4 is 15.0 Å². The third-order valence-corrected chi connectivity index (χ3v) is 6.93. The number of hydrogen-bond acceptors (Lipinski definition) is 11. The SMILES string of the molecule is O=C(O)CSCC(=O)NC1COC2C1OCC2n1nnnc1Oc1cccc(N2CCOCC2)c1. The normalized spacial score (nSPS) is 25.9. The molecule has 4 atom stereocenters. The van der Waals surface area contributed by atoms with Crippen LogP contribution in [0.2, 0.25) is 0 Å². The summed E-state index contributed by atoms with van der Waals surface area (Å²) >= 11 is 1.04. The molecule has 0 saturated carbocycles. The van der Waals surface area contributed by atoms with Gasteiger partial charge in [0, 0.05) is 24.8 Å². The predicted molar refractivity (Wildman–Crippen MR) is 123 cm³/mol. The standard InChI is InChI=1S/C21H26N6O7S/c28-17(11-35-12-18(29)30)22-15-9-32-20-16(10-33-19(15)20)27-21(23-24-25-27)34-14-3-1-2-13(8-14)26-4-6-31-7-5-26/h1-3,8,15-16,19-20H,4-7,9-12H2,(H,22,28)(H,29,30). The number of aliphatic carboxylic acids is 1. The summed E-state index contributed by atoms with van der Waals surface area (Å²) in [5, 5.41) is 23.5. The van der Waals surface area contributed by atoms with Gasteiger partial charge >= 0.3 is 12.0 Å². The van der Waals surface area contributed by atoms with Gasteiger partial charge in [0.15, 0.2) is 0 Å². The van der Waals surface area contributed by atoms with Crippen LogP contribution in [0.1, 0.15) is 6.04 Å². The second-order valence-electron chi connectivity index (χ2n) is 8.33. The Hall–Kier alpha value is -2.94. The highest BCUT2D eigenvalue weighted by Crippen LogP contribution is 2.36. The van der Waals surface area contributed by atoms with E-state index in [1.807, 2.05) is 24.3 Å². The first kappa shape index (κ1) is 23.8. The Bertz CT molecular complexity index is 1050.